The van der Waals surface area contributed by atoms with Gasteiger partial charge in [-0.15, -0.1) is 13.2 Å². The molecule has 8 heteroatoms. The second-order valence-electron chi connectivity index (χ2n) is 2.68. The molecule has 16 heavy (non-hydrogen) atoms. The highest BCUT2D eigenvalue weighted by Crippen LogP contribution is 2.30. The zero-order valence-corrected chi connectivity index (χ0v) is 10.3. The van der Waals surface area contributed by atoms with Crippen molar-refractivity contribution in [2.24, 2.45) is 5.73 Å². The second-order valence-corrected chi connectivity index (χ2v) is 3.84. The largest absolute Gasteiger partial charge is 0.574 e. The minimum atomic E-state index is -4.77. The minimum absolute atomic E-state index is 0.0334. The summed E-state index contributed by atoms with van der Waals surface area (Å²) < 4.78 is 44.9. The summed E-state index contributed by atoms with van der Waals surface area (Å²) in [5.74, 6) is -0.184. The van der Waals surface area contributed by atoms with Crippen LogP contribution in [0.2, 0.25) is 0 Å². The first kappa shape index (κ1) is 13.3. The van der Waals surface area contributed by atoms with Gasteiger partial charge in [0.2, 0.25) is 5.88 Å². The van der Waals surface area contributed by atoms with Crippen molar-refractivity contribution in [3.63, 3.8) is 0 Å². The van der Waals surface area contributed by atoms with E-state index in [0.717, 1.165) is 0 Å². The monoisotopic (exact) mass is 348 g/mol. The molecule has 1 aromatic rings. The van der Waals surface area contributed by atoms with Gasteiger partial charge in [0.1, 0.15) is 5.75 Å². The van der Waals surface area contributed by atoms with E-state index in [2.05, 4.69) is 9.72 Å². The smallest absolute Gasteiger partial charge is 0.495 e. The zero-order valence-electron chi connectivity index (χ0n) is 8.14. The fourth-order valence-corrected chi connectivity index (χ4v) is 1.51. The van der Waals surface area contributed by atoms with E-state index >= 15 is 0 Å². The Kier molecular flexibility index (Phi) is 4.19. The van der Waals surface area contributed by atoms with Crippen LogP contribution in [0.25, 0.3) is 0 Å². The molecule has 0 radical (unpaired) electrons. The molecule has 0 atom stereocenters. The molecule has 0 aliphatic carbocycles. The fraction of sp³-hybridized carbons (Fsp3) is 0.375. The van der Waals surface area contributed by atoms with Crippen molar-refractivity contribution in [2.45, 2.75) is 12.9 Å². The van der Waals surface area contributed by atoms with Gasteiger partial charge >= 0.3 is 6.36 Å². The molecule has 0 unspecified atom stereocenters. The summed E-state index contributed by atoms with van der Waals surface area (Å²) in [6.45, 7) is -0.0334. The van der Waals surface area contributed by atoms with Gasteiger partial charge in [-0.2, -0.15) is 0 Å². The summed E-state index contributed by atoms with van der Waals surface area (Å²) in [5.41, 5.74) is 5.54. The van der Waals surface area contributed by atoms with Crippen molar-refractivity contribution in [2.75, 3.05) is 7.11 Å². The van der Waals surface area contributed by atoms with Gasteiger partial charge in [-0.05, 0) is 22.6 Å². The van der Waals surface area contributed by atoms with E-state index in [1.807, 2.05) is 0 Å². The molecule has 2 N–H and O–H groups in total. The van der Waals surface area contributed by atoms with Gasteiger partial charge in [-0.25, -0.2) is 4.98 Å². The van der Waals surface area contributed by atoms with Gasteiger partial charge in [0.05, 0.1) is 16.4 Å². The molecule has 0 aliphatic heterocycles. The number of alkyl halides is 3. The van der Waals surface area contributed by atoms with Crippen molar-refractivity contribution in [3.05, 3.63) is 15.3 Å². The van der Waals surface area contributed by atoms with Crippen LogP contribution in [0.5, 0.6) is 11.6 Å². The highest BCUT2D eigenvalue weighted by atomic mass is 127. The number of methoxy groups -OCH3 is 1. The summed E-state index contributed by atoms with van der Waals surface area (Å²) >= 11 is 1.67. The van der Waals surface area contributed by atoms with Crippen molar-refractivity contribution >= 4 is 22.6 Å². The highest BCUT2D eigenvalue weighted by Gasteiger charge is 2.33. The van der Waals surface area contributed by atoms with Gasteiger partial charge in [-0.1, -0.05) is 0 Å². The molecule has 4 nitrogen and oxygen atoms in total. The summed E-state index contributed by atoms with van der Waals surface area (Å²) in [6.07, 6.45) is -4.77. The summed E-state index contributed by atoms with van der Waals surface area (Å²) in [4.78, 5) is 3.65. The molecule has 0 aromatic carbocycles. The average molecular weight is 348 g/mol. The first-order valence-electron chi connectivity index (χ1n) is 4.06. The van der Waals surface area contributed by atoms with E-state index in [0.29, 0.717) is 5.75 Å². The SMILES string of the molecule is COc1cc(I)c(OC(F)(F)F)nc1CN. The Balaban J connectivity index is 3.11. The lowest BCUT2D eigenvalue weighted by Crippen LogP contribution is -2.19. The number of rotatable bonds is 3. The van der Waals surface area contributed by atoms with Gasteiger partial charge < -0.3 is 15.2 Å². The van der Waals surface area contributed by atoms with Crippen molar-refractivity contribution in [1.82, 2.24) is 4.98 Å². The Morgan fingerprint density at radius 2 is 2.12 bits per heavy atom. The highest BCUT2D eigenvalue weighted by molar-refractivity contribution is 14.1. The van der Waals surface area contributed by atoms with Crippen LogP contribution in [0, 0.1) is 3.57 Å². The maximum atomic E-state index is 12.0. The molecule has 90 valence electrons. The lowest BCUT2D eigenvalue weighted by Gasteiger charge is -2.12. The molecule has 1 heterocycles. The maximum Gasteiger partial charge on any atom is 0.574 e. The predicted molar refractivity (Wildman–Crippen MR) is 58.1 cm³/mol. The summed E-state index contributed by atoms with van der Waals surface area (Å²) in [6, 6.07) is 1.39. The normalized spacial score (nSPS) is 11.4. The van der Waals surface area contributed by atoms with Crippen LogP contribution in [-0.2, 0) is 6.54 Å². The topological polar surface area (TPSA) is 57.4 Å². The van der Waals surface area contributed by atoms with Gasteiger partial charge in [-0.3, -0.25) is 0 Å². The summed E-state index contributed by atoms with van der Waals surface area (Å²) in [7, 11) is 1.39. The van der Waals surface area contributed by atoms with Crippen molar-refractivity contribution in [1.29, 1.82) is 0 Å². The maximum absolute atomic E-state index is 12.0. The Labute approximate surface area is 103 Å². The molecule has 0 amide bonds. The number of pyridine rings is 1. The van der Waals surface area contributed by atoms with Crippen LogP contribution in [0.3, 0.4) is 0 Å². The Bertz CT molecular complexity index is 384. The molecule has 1 aromatic heterocycles. The first-order chi connectivity index (χ1) is 7.37. The first-order valence-corrected chi connectivity index (χ1v) is 5.14. The molecular weight excluding hydrogens is 340 g/mol. The predicted octanol–water partition coefficient (Wildman–Crippen LogP) is 2.05. The number of hydrogen-bond donors (Lipinski definition) is 1. The van der Waals surface area contributed by atoms with Gasteiger partial charge in [0.25, 0.3) is 0 Å². The Morgan fingerprint density at radius 1 is 1.50 bits per heavy atom. The quantitative estimate of drug-likeness (QED) is 0.850. The van der Waals surface area contributed by atoms with Crippen molar-refractivity contribution in [3.8, 4) is 11.6 Å². The number of aromatic nitrogens is 1. The lowest BCUT2D eigenvalue weighted by atomic mass is 10.3. The van der Waals surface area contributed by atoms with Gasteiger partial charge in [0, 0.05) is 12.6 Å². The van der Waals surface area contributed by atoms with Gasteiger partial charge in [0.15, 0.2) is 0 Å². The number of nitrogens with zero attached hydrogens (tertiary/aromatic N) is 1. The molecule has 0 saturated carbocycles. The van der Waals surface area contributed by atoms with Crippen LogP contribution < -0.4 is 15.2 Å². The molecule has 0 spiro atoms. The van der Waals surface area contributed by atoms with Crippen LogP contribution in [0.4, 0.5) is 13.2 Å². The number of nitrogens with two attached hydrogens (primary N) is 1. The average Bonchev–Trinajstić information content (AvgIpc) is 2.18. The van der Waals surface area contributed by atoms with E-state index < -0.39 is 12.2 Å². The fourth-order valence-electron chi connectivity index (χ4n) is 0.995. The third-order valence-corrected chi connectivity index (χ3v) is 2.38. The van der Waals surface area contributed by atoms with E-state index in [4.69, 9.17) is 10.5 Å². The van der Waals surface area contributed by atoms with Crippen LogP contribution in [-0.4, -0.2) is 18.5 Å². The second kappa shape index (κ2) is 5.04. The zero-order chi connectivity index (χ0) is 12.3. The summed E-state index contributed by atoms with van der Waals surface area (Å²) in [5, 5.41) is 0. The minimum Gasteiger partial charge on any atom is -0.495 e. The Morgan fingerprint density at radius 3 is 2.56 bits per heavy atom. The van der Waals surface area contributed by atoms with Crippen LogP contribution >= 0.6 is 22.6 Å². The number of halogens is 4. The third kappa shape index (κ3) is 3.37. The molecule has 1 rings (SSSR count). The molecule has 0 fully saturated rings. The Hall–Kier alpha value is -0.770. The van der Waals surface area contributed by atoms with Crippen molar-refractivity contribution < 1.29 is 22.6 Å². The lowest BCUT2D eigenvalue weighted by molar-refractivity contribution is -0.276. The van der Waals surface area contributed by atoms with E-state index in [9.17, 15) is 13.2 Å². The molecule has 0 bridgehead atoms. The van der Waals surface area contributed by atoms with Crippen LogP contribution in [0.1, 0.15) is 5.69 Å². The number of ether oxygens (including phenoxy) is 2. The standard InChI is InChI=1S/C8H8F3IN2O2/c1-15-6-2-4(12)7(14-5(6)3-13)16-8(9,10)11/h2H,3,13H2,1H3. The van der Waals surface area contributed by atoms with E-state index in [1.165, 1.54) is 13.2 Å². The van der Waals surface area contributed by atoms with E-state index in [1.54, 1.807) is 22.6 Å². The van der Waals surface area contributed by atoms with Crippen LogP contribution in [0.15, 0.2) is 6.07 Å². The molecule has 0 aliphatic rings. The number of hydrogen-bond acceptors (Lipinski definition) is 4. The molecular formula is C8H8F3IN2O2. The molecule has 0 saturated heterocycles. The van der Waals surface area contributed by atoms with E-state index in [-0.39, 0.29) is 15.8 Å². The third-order valence-electron chi connectivity index (χ3n) is 1.61.